The lowest BCUT2D eigenvalue weighted by molar-refractivity contribution is -0.144. The Balaban J connectivity index is 2.40. The molecular formula is C41H69N7O17. The molecule has 7 atom stereocenters. The Labute approximate surface area is 376 Å². The molecule has 0 bridgehead atoms. The van der Waals surface area contributed by atoms with Crippen molar-refractivity contribution in [1.82, 2.24) is 32.0 Å². The number of aliphatic hydroxyl groups is 1. The van der Waals surface area contributed by atoms with E-state index in [4.69, 9.17) is 15.7 Å². The Morgan fingerprint density at radius 2 is 0.754 bits per heavy atom. The number of ether oxygens (including phenoxy) is 1. The molecule has 65 heavy (non-hydrogen) atoms. The molecule has 370 valence electrons. The van der Waals surface area contributed by atoms with Crippen LogP contribution in [0.25, 0.3) is 0 Å². The fourth-order valence-electron chi connectivity index (χ4n) is 6.73. The third-order valence-corrected chi connectivity index (χ3v) is 10.6. The van der Waals surface area contributed by atoms with Crippen molar-refractivity contribution in [2.24, 2.45) is 5.84 Å². The van der Waals surface area contributed by atoms with Gasteiger partial charge in [0.25, 0.3) is 0 Å². The summed E-state index contributed by atoms with van der Waals surface area (Å²) in [5.41, 5.74) is 2.56. The standard InChI is InChI=1S/C41H69N7O17/c42-48-25(36-41(64)65-36)13-11-12-24-43-30(49)20-16-26(37(56)57)45-32(51)22-18-28(39(60)61)47-34(53)23-19-29(40(62)63)46-33(52)21-17-27(38(58)59)44-31(50)14-9-7-5-3-1-2-4-6-8-10-15-35(54)55/h25-29,36,41,48,64H,1-24,42H2,(H,43,49)(H,44,50)(H,45,51)(H,46,52)(H,47,53)(H,54,55)(H,56,57)(H,58,59)(H,60,61)(H,62,63)/t25-,26-,27-,28-,29-,36?,41?/m0/s1. The highest BCUT2D eigenvalue weighted by molar-refractivity contribution is 5.88. The van der Waals surface area contributed by atoms with Gasteiger partial charge in [0.05, 0.1) is 6.04 Å². The number of carboxylic acid groups (broad SMARTS) is 5. The number of aliphatic hydroxyl groups excluding tert-OH is 1. The topological polar surface area (TPSA) is 403 Å². The first kappa shape index (κ1) is 57.6. The Morgan fingerprint density at radius 3 is 1.08 bits per heavy atom. The van der Waals surface area contributed by atoms with Gasteiger partial charge in [0, 0.05) is 45.1 Å². The molecule has 5 amide bonds. The number of nitrogens with one attached hydrogen (secondary N) is 6. The van der Waals surface area contributed by atoms with Crippen LogP contribution in [0.4, 0.5) is 0 Å². The number of hydrogen-bond acceptors (Lipinski definition) is 14. The van der Waals surface area contributed by atoms with Crippen molar-refractivity contribution in [2.45, 2.75) is 190 Å². The van der Waals surface area contributed by atoms with Gasteiger partial charge < -0.3 is 62.0 Å². The van der Waals surface area contributed by atoms with Gasteiger partial charge in [0.2, 0.25) is 29.5 Å². The number of amides is 5. The van der Waals surface area contributed by atoms with E-state index in [1.165, 1.54) is 0 Å². The fraction of sp³-hybridized carbons (Fsp3) is 0.756. The molecule has 1 fully saturated rings. The summed E-state index contributed by atoms with van der Waals surface area (Å²) in [5, 5.41) is 67.9. The molecular weight excluding hydrogens is 862 g/mol. The van der Waals surface area contributed by atoms with Crippen LogP contribution >= 0.6 is 0 Å². The molecule has 1 aliphatic heterocycles. The van der Waals surface area contributed by atoms with Crippen LogP contribution in [0.3, 0.4) is 0 Å². The molecule has 1 rings (SSSR count). The van der Waals surface area contributed by atoms with Crippen molar-refractivity contribution < 1.29 is 83.3 Å². The number of unbranched alkanes of at least 4 members (excludes halogenated alkanes) is 10. The van der Waals surface area contributed by atoms with Gasteiger partial charge in [-0.15, -0.1) is 0 Å². The van der Waals surface area contributed by atoms with Crippen molar-refractivity contribution >= 4 is 59.4 Å². The highest BCUT2D eigenvalue weighted by Crippen LogP contribution is 2.25. The maximum Gasteiger partial charge on any atom is 0.326 e. The molecule has 0 aromatic carbocycles. The van der Waals surface area contributed by atoms with E-state index in [9.17, 15) is 73.5 Å². The minimum absolute atomic E-state index is 0.0781. The van der Waals surface area contributed by atoms with Gasteiger partial charge in [-0.2, -0.15) is 0 Å². The monoisotopic (exact) mass is 931 g/mol. The van der Waals surface area contributed by atoms with Crippen LogP contribution in [-0.2, 0) is 52.7 Å². The lowest BCUT2D eigenvalue weighted by Gasteiger charge is -2.18. The van der Waals surface area contributed by atoms with Crippen LogP contribution in [-0.4, -0.2) is 139 Å². The second kappa shape index (κ2) is 33.1. The summed E-state index contributed by atoms with van der Waals surface area (Å²) in [4.78, 5) is 120. The van der Waals surface area contributed by atoms with Gasteiger partial charge in [-0.1, -0.05) is 51.4 Å². The predicted molar refractivity (Wildman–Crippen MR) is 227 cm³/mol. The van der Waals surface area contributed by atoms with E-state index in [1.54, 1.807) is 0 Å². The summed E-state index contributed by atoms with van der Waals surface area (Å²) in [6, 6.07) is -6.40. The molecule has 14 N–H and O–H groups in total. The average Bonchev–Trinajstić information content (AvgIpc) is 3.97. The summed E-state index contributed by atoms with van der Waals surface area (Å²) in [6.07, 6.45) is 6.17. The smallest absolute Gasteiger partial charge is 0.326 e. The zero-order chi connectivity index (χ0) is 48.7. The van der Waals surface area contributed by atoms with E-state index in [0.29, 0.717) is 32.1 Å². The average molecular weight is 932 g/mol. The summed E-state index contributed by atoms with van der Waals surface area (Å²) in [7, 11) is 0. The Kier molecular flexibility index (Phi) is 29.3. The molecule has 1 heterocycles. The summed E-state index contributed by atoms with van der Waals surface area (Å²) < 4.78 is 4.97. The number of carbonyl (C=O) groups excluding carboxylic acids is 5. The minimum Gasteiger partial charge on any atom is -0.481 e. The number of carbonyl (C=O) groups is 10. The van der Waals surface area contributed by atoms with Crippen molar-refractivity contribution in [3.8, 4) is 0 Å². The Bertz CT molecular complexity index is 1570. The molecule has 0 aliphatic carbocycles. The molecule has 1 saturated heterocycles. The molecule has 1 aliphatic rings. The predicted octanol–water partition coefficient (Wildman–Crippen LogP) is -0.0138. The van der Waals surface area contributed by atoms with Crippen LogP contribution in [0.1, 0.15) is 148 Å². The van der Waals surface area contributed by atoms with Crippen molar-refractivity contribution in [3.05, 3.63) is 0 Å². The van der Waals surface area contributed by atoms with Gasteiger partial charge in [0.15, 0.2) is 6.29 Å². The van der Waals surface area contributed by atoms with Crippen LogP contribution in [0, 0.1) is 0 Å². The zero-order valence-electron chi connectivity index (χ0n) is 36.8. The second-order valence-electron chi connectivity index (χ2n) is 16.0. The maximum atomic E-state index is 12.6. The maximum absolute atomic E-state index is 12.6. The summed E-state index contributed by atoms with van der Waals surface area (Å²) >= 11 is 0. The van der Waals surface area contributed by atoms with Gasteiger partial charge >= 0.3 is 29.8 Å². The summed E-state index contributed by atoms with van der Waals surface area (Å²) in [6.45, 7) is 0.283. The van der Waals surface area contributed by atoms with E-state index in [2.05, 4.69) is 32.0 Å². The van der Waals surface area contributed by atoms with Crippen LogP contribution in [0.5, 0.6) is 0 Å². The Hall–Kier alpha value is -5.46. The quantitative estimate of drug-likeness (QED) is 0.0166. The van der Waals surface area contributed by atoms with E-state index < -0.39 is 122 Å². The lowest BCUT2D eigenvalue weighted by Crippen LogP contribution is -2.45. The number of carboxylic acids is 5. The number of aliphatic carboxylic acids is 5. The van der Waals surface area contributed by atoms with Gasteiger partial charge in [-0.05, 0) is 57.8 Å². The molecule has 0 spiro atoms. The zero-order valence-corrected chi connectivity index (χ0v) is 36.8. The van der Waals surface area contributed by atoms with Crippen molar-refractivity contribution in [1.29, 1.82) is 0 Å². The molecule has 0 aromatic rings. The van der Waals surface area contributed by atoms with Crippen LogP contribution in [0.15, 0.2) is 0 Å². The normalized spacial score (nSPS) is 16.4. The molecule has 2 unspecified atom stereocenters. The minimum atomic E-state index is -1.63. The third-order valence-electron chi connectivity index (χ3n) is 10.6. The van der Waals surface area contributed by atoms with E-state index in [0.717, 1.165) is 51.4 Å². The van der Waals surface area contributed by atoms with Gasteiger partial charge in [0.1, 0.15) is 30.3 Å². The molecule has 0 aromatic heterocycles. The lowest BCUT2D eigenvalue weighted by atomic mass is 10.0. The van der Waals surface area contributed by atoms with Crippen LogP contribution in [0.2, 0.25) is 0 Å². The molecule has 24 nitrogen and oxygen atoms in total. The molecule has 0 saturated carbocycles. The number of epoxide rings is 1. The highest BCUT2D eigenvalue weighted by atomic mass is 16.7. The van der Waals surface area contributed by atoms with E-state index in [1.807, 2.05) is 0 Å². The largest absolute Gasteiger partial charge is 0.481 e. The van der Waals surface area contributed by atoms with Crippen molar-refractivity contribution in [3.63, 3.8) is 0 Å². The molecule has 24 heteroatoms. The Morgan fingerprint density at radius 1 is 0.431 bits per heavy atom. The number of nitrogens with two attached hydrogens (primary N) is 1. The fourth-order valence-corrected chi connectivity index (χ4v) is 6.73. The highest BCUT2D eigenvalue weighted by Gasteiger charge is 2.43. The first-order valence-electron chi connectivity index (χ1n) is 22.2. The van der Waals surface area contributed by atoms with Gasteiger partial charge in [-0.3, -0.25) is 40.0 Å². The first-order chi connectivity index (χ1) is 30.8. The van der Waals surface area contributed by atoms with E-state index >= 15 is 0 Å². The first-order valence-corrected chi connectivity index (χ1v) is 22.2. The van der Waals surface area contributed by atoms with Crippen molar-refractivity contribution in [2.75, 3.05) is 6.54 Å². The molecule has 0 radical (unpaired) electrons. The SMILES string of the molecule is NN[C@@H](CCCCNC(=O)CC[C@H](NC(=O)CC[C@H](NC(=O)CC[C@H](NC(=O)CC[C@H](NC(=O)CCCCCCCCCCCCC(=O)O)C(=O)O)C(=O)O)C(=O)O)C(=O)O)C1OC1O. The summed E-state index contributed by atoms with van der Waals surface area (Å²) in [5.74, 6) is -4.91. The number of hydrazine groups is 1. The number of hydrogen-bond donors (Lipinski definition) is 13. The second-order valence-corrected chi connectivity index (χ2v) is 16.0. The van der Waals surface area contributed by atoms with Gasteiger partial charge in [-0.25, -0.2) is 19.2 Å². The third kappa shape index (κ3) is 28.1. The van der Waals surface area contributed by atoms with Crippen LogP contribution < -0.4 is 37.9 Å². The number of rotatable bonds is 40. The van der Waals surface area contributed by atoms with E-state index in [-0.39, 0.29) is 50.8 Å².